The Balaban J connectivity index is 1.36. The van der Waals surface area contributed by atoms with Crippen molar-refractivity contribution < 1.29 is 9.59 Å². The van der Waals surface area contributed by atoms with Gasteiger partial charge in [0.15, 0.2) is 0 Å². The Hall–Kier alpha value is -3.03. The number of imide groups is 1. The predicted octanol–water partition coefficient (Wildman–Crippen LogP) is 4.18. The summed E-state index contributed by atoms with van der Waals surface area (Å²) in [6.45, 7) is 3.25. The minimum Gasteiger partial charge on any atom is -0.309 e. The van der Waals surface area contributed by atoms with E-state index in [1.165, 1.54) is 16.0 Å². The zero-order valence-corrected chi connectivity index (χ0v) is 19.4. The monoisotopic (exact) mass is 460 g/mol. The first-order valence-corrected chi connectivity index (χ1v) is 12.4. The molecule has 1 aromatic carbocycles. The number of nitrogens with zero attached hydrogens (tertiary/aromatic N) is 4. The minimum absolute atomic E-state index is 0.0681. The van der Waals surface area contributed by atoms with Crippen LogP contribution in [0.15, 0.2) is 71.6 Å². The van der Waals surface area contributed by atoms with Gasteiger partial charge in [0.25, 0.3) is 5.91 Å². The number of hydrogen-bond donors (Lipinski definition) is 0. The summed E-state index contributed by atoms with van der Waals surface area (Å²) in [6, 6.07) is 17.7. The summed E-state index contributed by atoms with van der Waals surface area (Å²) in [4.78, 5) is 37.3. The largest absolute Gasteiger partial charge is 0.328 e. The molecule has 0 aliphatic carbocycles. The van der Waals surface area contributed by atoms with E-state index in [0.717, 1.165) is 31.7 Å². The van der Waals surface area contributed by atoms with Gasteiger partial charge in [0.2, 0.25) is 0 Å². The van der Waals surface area contributed by atoms with Gasteiger partial charge < -0.3 is 4.90 Å². The zero-order valence-electron chi connectivity index (χ0n) is 18.6. The first-order valence-electron chi connectivity index (χ1n) is 11.5. The van der Waals surface area contributed by atoms with Crippen LogP contribution in [0.25, 0.3) is 0 Å². The lowest BCUT2D eigenvalue weighted by Crippen LogP contribution is -2.56. The second kappa shape index (κ2) is 9.45. The van der Waals surface area contributed by atoms with Crippen LogP contribution in [0.4, 0.5) is 4.79 Å². The maximum absolute atomic E-state index is 13.8. The van der Waals surface area contributed by atoms with Crippen LogP contribution >= 0.6 is 11.3 Å². The van der Waals surface area contributed by atoms with Crippen LogP contribution < -0.4 is 0 Å². The van der Waals surface area contributed by atoms with Crippen molar-refractivity contribution in [3.05, 3.63) is 88.4 Å². The molecule has 170 valence electrons. The Morgan fingerprint density at radius 2 is 1.70 bits per heavy atom. The standard InChI is InChI=1S/C26H28N4O2S/c31-24-26(11-15-28(16-12-26)18-22-10-17-33-20-22)30(14-9-21-6-2-1-3-7-21)25(32)29(24)19-23-8-4-5-13-27-23/h1-8,10,13,17,20H,9,11-12,14-16,18-19H2. The van der Waals surface area contributed by atoms with Crippen LogP contribution in [-0.4, -0.2) is 56.8 Å². The molecule has 2 aromatic heterocycles. The molecule has 3 aromatic rings. The summed E-state index contributed by atoms with van der Waals surface area (Å²) in [5, 5.41) is 4.27. The van der Waals surface area contributed by atoms with Crippen molar-refractivity contribution in [1.29, 1.82) is 0 Å². The second-order valence-corrected chi connectivity index (χ2v) is 9.60. The SMILES string of the molecule is O=C1N(Cc2ccccn2)C(=O)C2(CCN(Cc3ccsc3)CC2)N1CCc1ccccc1. The van der Waals surface area contributed by atoms with E-state index < -0.39 is 5.54 Å². The van der Waals surface area contributed by atoms with Crippen molar-refractivity contribution in [3.63, 3.8) is 0 Å². The maximum Gasteiger partial charge on any atom is 0.328 e. The molecule has 2 aliphatic heterocycles. The number of thiophene rings is 1. The van der Waals surface area contributed by atoms with Crippen LogP contribution in [0.2, 0.25) is 0 Å². The van der Waals surface area contributed by atoms with E-state index in [-0.39, 0.29) is 18.5 Å². The average molecular weight is 461 g/mol. The van der Waals surface area contributed by atoms with Gasteiger partial charge in [-0.1, -0.05) is 36.4 Å². The van der Waals surface area contributed by atoms with Crippen LogP contribution in [0.5, 0.6) is 0 Å². The smallest absolute Gasteiger partial charge is 0.309 e. The number of hydrogen-bond acceptors (Lipinski definition) is 5. The van der Waals surface area contributed by atoms with Crippen LogP contribution in [0, 0.1) is 0 Å². The zero-order chi connectivity index (χ0) is 22.7. The molecule has 1 spiro atoms. The highest BCUT2D eigenvalue weighted by Gasteiger charge is 2.57. The van der Waals surface area contributed by atoms with Gasteiger partial charge in [-0.3, -0.25) is 19.6 Å². The lowest BCUT2D eigenvalue weighted by atomic mass is 9.85. The number of benzene rings is 1. The first-order chi connectivity index (χ1) is 16.2. The Morgan fingerprint density at radius 1 is 0.909 bits per heavy atom. The molecule has 6 nitrogen and oxygen atoms in total. The van der Waals surface area contributed by atoms with E-state index >= 15 is 0 Å². The van der Waals surface area contributed by atoms with Gasteiger partial charge in [-0.25, -0.2) is 4.79 Å². The van der Waals surface area contributed by atoms with Crippen LogP contribution in [0.3, 0.4) is 0 Å². The molecule has 0 atom stereocenters. The minimum atomic E-state index is -0.758. The van der Waals surface area contributed by atoms with Crippen LogP contribution in [-0.2, 0) is 24.3 Å². The molecule has 33 heavy (non-hydrogen) atoms. The van der Waals surface area contributed by atoms with E-state index in [9.17, 15) is 9.59 Å². The predicted molar refractivity (Wildman–Crippen MR) is 129 cm³/mol. The van der Waals surface area contributed by atoms with E-state index in [2.05, 4.69) is 38.8 Å². The molecule has 0 bridgehead atoms. The number of urea groups is 1. The van der Waals surface area contributed by atoms with E-state index in [1.54, 1.807) is 17.5 Å². The third-order valence-corrected chi connectivity index (χ3v) is 7.54. The molecule has 4 heterocycles. The number of aromatic nitrogens is 1. The van der Waals surface area contributed by atoms with E-state index in [0.29, 0.717) is 19.4 Å². The fourth-order valence-electron chi connectivity index (χ4n) is 4.98. The number of carbonyl (C=O) groups is 2. The summed E-state index contributed by atoms with van der Waals surface area (Å²) in [6.07, 6.45) is 3.76. The molecule has 3 amide bonds. The molecule has 0 saturated carbocycles. The topological polar surface area (TPSA) is 56.8 Å². The maximum atomic E-state index is 13.8. The van der Waals surface area contributed by atoms with Crippen LogP contribution in [0.1, 0.15) is 29.7 Å². The van der Waals surface area contributed by atoms with Crippen molar-refractivity contribution in [2.75, 3.05) is 19.6 Å². The number of rotatable bonds is 7. The van der Waals surface area contributed by atoms with Gasteiger partial charge in [-0.05, 0) is 59.3 Å². The lowest BCUT2D eigenvalue weighted by Gasteiger charge is -2.42. The molecule has 5 rings (SSSR count). The number of pyridine rings is 1. The Kier molecular flexibility index (Phi) is 6.24. The summed E-state index contributed by atoms with van der Waals surface area (Å²) in [5.74, 6) is -0.0681. The average Bonchev–Trinajstić information content (AvgIpc) is 3.43. The first kappa shape index (κ1) is 21.8. The van der Waals surface area contributed by atoms with Gasteiger partial charge in [0, 0.05) is 32.4 Å². The quantitative estimate of drug-likeness (QED) is 0.496. The van der Waals surface area contributed by atoms with Crippen molar-refractivity contribution >= 4 is 23.3 Å². The summed E-state index contributed by atoms with van der Waals surface area (Å²) in [7, 11) is 0. The number of amides is 3. The summed E-state index contributed by atoms with van der Waals surface area (Å²) in [5.41, 5.74) is 2.45. The van der Waals surface area contributed by atoms with Gasteiger partial charge in [0.1, 0.15) is 5.54 Å². The molecule has 2 fully saturated rings. The molecule has 0 unspecified atom stereocenters. The molecular weight excluding hydrogens is 432 g/mol. The number of piperidine rings is 1. The lowest BCUT2D eigenvalue weighted by molar-refractivity contribution is -0.136. The van der Waals surface area contributed by atoms with Crippen molar-refractivity contribution in [3.8, 4) is 0 Å². The van der Waals surface area contributed by atoms with E-state index in [1.807, 2.05) is 41.3 Å². The fourth-order valence-corrected chi connectivity index (χ4v) is 5.64. The van der Waals surface area contributed by atoms with Crippen molar-refractivity contribution in [1.82, 2.24) is 19.7 Å². The molecule has 2 saturated heterocycles. The summed E-state index contributed by atoms with van der Waals surface area (Å²) < 4.78 is 0. The Morgan fingerprint density at radius 3 is 2.39 bits per heavy atom. The highest BCUT2D eigenvalue weighted by Crippen LogP contribution is 2.38. The van der Waals surface area contributed by atoms with Crippen molar-refractivity contribution in [2.24, 2.45) is 0 Å². The normalized spacial score (nSPS) is 18.4. The third kappa shape index (κ3) is 4.43. The molecule has 7 heteroatoms. The molecule has 2 aliphatic rings. The Bertz CT molecular complexity index is 1080. The number of carbonyl (C=O) groups excluding carboxylic acids is 2. The molecule has 0 N–H and O–H groups in total. The van der Waals surface area contributed by atoms with Crippen molar-refractivity contribution in [2.45, 2.75) is 37.9 Å². The Labute approximate surface area is 198 Å². The molecular formula is C26H28N4O2S. The highest BCUT2D eigenvalue weighted by atomic mass is 32.1. The van der Waals surface area contributed by atoms with Gasteiger partial charge >= 0.3 is 6.03 Å². The van der Waals surface area contributed by atoms with Gasteiger partial charge in [-0.15, -0.1) is 0 Å². The van der Waals surface area contributed by atoms with Gasteiger partial charge in [-0.2, -0.15) is 11.3 Å². The second-order valence-electron chi connectivity index (χ2n) is 8.82. The van der Waals surface area contributed by atoms with E-state index in [4.69, 9.17) is 0 Å². The summed E-state index contributed by atoms with van der Waals surface area (Å²) >= 11 is 1.71. The number of likely N-dealkylation sites (tertiary alicyclic amines) is 1. The molecule has 0 radical (unpaired) electrons. The fraction of sp³-hybridized carbons (Fsp3) is 0.346. The third-order valence-electron chi connectivity index (χ3n) is 6.80. The van der Waals surface area contributed by atoms with Gasteiger partial charge in [0.05, 0.1) is 12.2 Å². The highest BCUT2D eigenvalue weighted by molar-refractivity contribution is 7.07.